The molecule has 1 aliphatic heterocycles. The van der Waals surface area contributed by atoms with Crippen molar-refractivity contribution in [3.63, 3.8) is 0 Å². The molecule has 0 aliphatic carbocycles. The van der Waals surface area contributed by atoms with Crippen LogP contribution in [0.25, 0.3) is 10.9 Å². The van der Waals surface area contributed by atoms with E-state index in [1.807, 2.05) is 12.1 Å². The Hall–Kier alpha value is -4.40. The van der Waals surface area contributed by atoms with Gasteiger partial charge in [0.15, 0.2) is 11.5 Å². The summed E-state index contributed by atoms with van der Waals surface area (Å²) in [6, 6.07) is 11.3. The number of amides is 1. The van der Waals surface area contributed by atoms with Crippen molar-refractivity contribution in [3.8, 4) is 11.5 Å². The molecule has 0 atom stereocenters. The van der Waals surface area contributed by atoms with Gasteiger partial charge in [0.05, 0.1) is 18.2 Å². The van der Waals surface area contributed by atoms with Gasteiger partial charge in [0.25, 0.3) is 5.91 Å². The summed E-state index contributed by atoms with van der Waals surface area (Å²) in [5.41, 5.74) is 2.51. The molecule has 34 heavy (non-hydrogen) atoms. The molecule has 0 bridgehead atoms. The number of nitrogens with zero attached hydrogens (tertiary/aromatic N) is 2. The summed E-state index contributed by atoms with van der Waals surface area (Å²) in [6.45, 7) is 0.500. The molecule has 0 unspecified atom stereocenters. The van der Waals surface area contributed by atoms with E-state index >= 15 is 0 Å². The zero-order valence-electron chi connectivity index (χ0n) is 18.2. The molecule has 2 aromatic carbocycles. The Labute approximate surface area is 193 Å². The van der Waals surface area contributed by atoms with Crippen molar-refractivity contribution in [3.05, 3.63) is 89.1 Å². The topological polar surface area (TPSA) is 93.8 Å². The van der Waals surface area contributed by atoms with E-state index < -0.39 is 11.9 Å². The molecule has 0 saturated heterocycles. The number of nitrogens with one attached hydrogen (secondary N) is 1. The summed E-state index contributed by atoms with van der Waals surface area (Å²) >= 11 is 0. The molecular formula is C25H20FN3O5. The Morgan fingerprint density at radius 3 is 2.79 bits per heavy atom. The summed E-state index contributed by atoms with van der Waals surface area (Å²) in [5.74, 6) is -0.202. The van der Waals surface area contributed by atoms with Gasteiger partial charge in [-0.05, 0) is 47.5 Å². The Kier molecular flexibility index (Phi) is 5.59. The van der Waals surface area contributed by atoms with Crippen molar-refractivity contribution in [1.29, 1.82) is 0 Å². The van der Waals surface area contributed by atoms with Crippen LogP contribution in [0.5, 0.6) is 11.5 Å². The molecule has 8 nitrogen and oxygen atoms in total. The van der Waals surface area contributed by atoms with Crippen molar-refractivity contribution in [1.82, 2.24) is 14.9 Å². The molecule has 0 fully saturated rings. The molecule has 1 amide bonds. The number of H-pyrrole nitrogens is 1. The fourth-order valence-electron chi connectivity index (χ4n) is 3.97. The maximum absolute atomic E-state index is 13.9. The number of aromatic amines is 1. The quantitative estimate of drug-likeness (QED) is 0.435. The highest BCUT2D eigenvalue weighted by atomic mass is 19.1. The van der Waals surface area contributed by atoms with E-state index in [-0.39, 0.29) is 36.8 Å². The number of carbonyl (C=O) groups excluding carboxylic acids is 2. The molecule has 0 radical (unpaired) electrons. The number of esters is 1. The van der Waals surface area contributed by atoms with Gasteiger partial charge in [-0.15, -0.1) is 0 Å². The number of benzene rings is 2. The molecule has 3 heterocycles. The summed E-state index contributed by atoms with van der Waals surface area (Å²) in [7, 11) is 1.25. The first-order valence-corrected chi connectivity index (χ1v) is 10.5. The second-order valence-electron chi connectivity index (χ2n) is 7.77. The normalized spacial score (nSPS) is 12.1. The fraction of sp³-hybridized carbons (Fsp3) is 0.160. The Morgan fingerprint density at radius 2 is 1.94 bits per heavy atom. The van der Waals surface area contributed by atoms with Crippen LogP contribution in [-0.4, -0.2) is 40.6 Å². The lowest BCUT2D eigenvalue weighted by Gasteiger charge is -2.24. The number of halogens is 1. The standard InChI is InChI=1S/C25H20FN3O5/c1-32-25(31)18-6-7-27-11-20(18)24(30)29(12-15-2-5-22-23(8-15)34-14-33-22)13-16-10-28-21-4-3-17(26)9-19(16)21/h2-11,28H,12-14H2,1H3. The van der Waals surface area contributed by atoms with Crippen LogP contribution < -0.4 is 9.47 Å². The lowest BCUT2D eigenvalue weighted by molar-refractivity contribution is 0.0588. The first-order valence-electron chi connectivity index (χ1n) is 10.5. The highest BCUT2D eigenvalue weighted by Gasteiger charge is 2.25. The van der Waals surface area contributed by atoms with Crippen molar-refractivity contribution in [2.45, 2.75) is 13.1 Å². The number of ether oxygens (including phenoxy) is 3. The van der Waals surface area contributed by atoms with Crippen LogP contribution in [0.3, 0.4) is 0 Å². The molecule has 5 rings (SSSR count). The van der Waals surface area contributed by atoms with Crippen molar-refractivity contribution < 1.29 is 28.2 Å². The zero-order valence-corrected chi connectivity index (χ0v) is 18.2. The van der Waals surface area contributed by atoms with E-state index in [9.17, 15) is 14.0 Å². The van der Waals surface area contributed by atoms with E-state index in [1.165, 1.54) is 37.7 Å². The lowest BCUT2D eigenvalue weighted by atomic mass is 10.1. The number of pyridine rings is 1. The van der Waals surface area contributed by atoms with E-state index in [1.54, 1.807) is 23.2 Å². The molecule has 4 aromatic rings. The third kappa shape index (κ3) is 4.03. The number of methoxy groups -OCH3 is 1. The smallest absolute Gasteiger partial charge is 0.338 e. The van der Waals surface area contributed by atoms with E-state index in [2.05, 4.69) is 9.97 Å². The highest BCUT2D eigenvalue weighted by Crippen LogP contribution is 2.33. The molecule has 1 N–H and O–H groups in total. The number of aromatic nitrogens is 2. The first-order chi connectivity index (χ1) is 16.5. The summed E-state index contributed by atoms with van der Waals surface area (Å²) in [5, 5.41) is 0.669. The number of carbonyl (C=O) groups is 2. The van der Waals surface area contributed by atoms with E-state index in [0.29, 0.717) is 16.9 Å². The maximum atomic E-state index is 13.9. The predicted octanol–water partition coefficient (Wildman–Crippen LogP) is 4.06. The second kappa shape index (κ2) is 8.86. The van der Waals surface area contributed by atoms with Crippen LogP contribution >= 0.6 is 0 Å². The Morgan fingerprint density at radius 1 is 1.09 bits per heavy atom. The monoisotopic (exact) mass is 461 g/mol. The third-order valence-corrected chi connectivity index (χ3v) is 5.65. The molecule has 2 aromatic heterocycles. The first kappa shape index (κ1) is 21.4. The lowest BCUT2D eigenvalue weighted by Crippen LogP contribution is -2.31. The van der Waals surface area contributed by atoms with E-state index in [0.717, 1.165) is 16.6 Å². The number of fused-ring (bicyclic) bond motifs is 2. The van der Waals surface area contributed by atoms with Crippen LogP contribution in [0, 0.1) is 5.82 Å². The molecule has 9 heteroatoms. The minimum atomic E-state index is -0.636. The zero-order chi connectivity index (χ0) is 23.7. The number of rotatable bonds is 6. The Bertz CT molecular complexity index is 1400. The van der Waals surface area contributed by atoms with Gasteiger partial charge < -0.3 is 24.1 Å². The van der Waals surface area contributed by atoms with Crippen molar-refractivity contribution >= 4 is 22.8 Å². The van der Waals surface area contributed by atoms with Crippen LogP contribution in [0.1, 0.15) is 31.8 Å². The minimum Gasteiger partial charge on any atom is -0.465 e. The van der Waals surface area contributed by atoms with Gasteiger partial charge in [-0.1, -0.05) is 6.07 Å². The summed E-state index contributed by atoms with van der Waals surface area (Å²) in [6.07, 6.45) is 4.51. The van der Waals surface area contributed by atoms with Crippen LogP contribution in [0.15, 0.2) is 61.1 Å². The van der Waals surface area contributed by atoms with Gasteiger partial charge >= 0.3 is 5.97 Å². The van der Waals surface area contributed by atoms with Gasteiger partial charge in [0.1, 0.15) is 5.82 Å². The summed E-state index contributed by atoms with van der Waals surface area (Å²) < 4.78 is 29.6. The number of hydrogen-bond acceptors (Lipinski definition) is 6. The van der Waals surface area contributed by atoms with Gasteiger partial charge in [-0.2, -0.15) is 0 Å². The van der Waals surface area contributed by atoms with Crippen LogP contribution in [0.2, 0.25) is 0 Å². The maximum Gasteiger partial charge on any atom is 0.338 e. The number of hydrogen-bond donors (Lipinski definition) is 1. The second-order valence-corrected chi connectivity index (χ2v) is 7.77. The van der Waals surface area contributed by atoms with Crippen LogP contribution in [-0.2, 0) is 17.8 Å². The van der Waals surface area contributed by atoms with E-state index in [4.69, 9.17) is 14.2 Å². The average Bonchev–Trinajstić information content (AvgIpc) is 3.49. The minimum absolute atomic E-state index is 0.112. The Balaban J connectivity index is 1.53. The fourth-order valence-corrected chi connectivity index (χ4v) is 3.97. The van der Waals surface area contributed by atoms with Gasteiger partial charge in [0.2, 0.25) is 6.79 Å². The van der Waals surface area contributed by atoms with Gasteiger partial charge in [0, 0.05) is 42.6 Å². The van der Waals surface area contributed by atoms with Gasteiger partial charge in [-0.3, -0.25) is 9.78 Å². The molecule has 1 aliphatic rings. The summed E-state index contributed by atoms with van der Waals surface area (Å²) in [4.78, 5) is 34.7. The van der Waals surface area contributed by atoms with Crippen molar-refractivity contribution in [2.24, 2.45) is 0 Å². The van der Waals surface area contributed by atoms with Crippen LogP contribution in [0.4, 0.5) is 4.39 Å². The van der Waals surface area contributed by atoms with Crippen molar-refractivity contribution in [2.75, 3.05) is 13.9 Å². The SMILES string of the molecule is COC(=O)c1ccncc1C(=O)N(Cc1ccc2c(c1)OCO2)Cc1c[nH]c2ccc(F)cc12. The molecular weight excluding hydrogens is 441 g/mol. The third-order valence-electron chi connectivity index (χ3n) is 5.65. The highest BCUT2D eigenvalue weighted by molar-refractivity contribution is 6.05. The molecule has 172 valence electrons. The molecule has 0 saturated carbocycles. The predicted molar refractivity (Wildman–Crippen MR) is 120 cm³/mol. The van der Waals surface area contributed by atoms with Gasteiger partial charge in [-0.25, -0.2) is 9.18 Å². The largest absolute Gasteiger partial charge is 0.465 e. The molecule has 0 spiro atoms. The average molecular weight is 461 g/mol.